The molecule has 3 aromatic rings. The Hall–Kier alpha value is -3.07. The van der Waals surface area contributed by atoms with Crippen LogP contribution in [0.25, 0.3) is 5.69 Å². The van der Waals surface area contributed by atoms with Gasteiger partial charge in [0.2, 0.25) is 11.1 Å². The summed E-state index contributed by atoms with van der Waals surface area (Å²) >= 11 is 1.26. The van der Waals surface area contributed by atoms with Crippen molar-refractivity contribution in [2.24, 2.45) is 0 Å². The van der Waals surface area contributed by atoms with E-state index in [-0.39, 0.29) is 11.7 Å². The predicted molar refractivity (Wildman–Crippen MR) is 111 cm³/mol. The highest BCUT2D eigenvalue weighted by Crippen LogP contribution is 2.25. The lowest BCUT2D eigenvalue weighted by Crippen LogP contribution is -2.29. The van der Waals surface area contributed by atoms with Crippen LogP contribution in [0.15, 0.2) is 53.7 Å². The van der Waals surface area contributed by atoms with E-state index < -0.39 is 0 Å². The Morgan fingerprint density at radius 3 is 2.86 bits per heavy atom. The van der Waals surface area contributed by atoms with Gasteiger partial charge in [0.15, 0.2) is 0 Å². The van der Waals surface area contributed by atoms with E-state index in [4.69, 9.17) is 9.47 Å². The van der Waals surface area contributed by atoms with Gasteiger partial charge in [-0.25, -0.2) is 0 Å². The van der Waals surface area contributed by atoms with Crippen molar-refractivity contribution in [3.05, 3.63) is 54.1 Å². The van der Waals surface area contributed by atoms with Crippen molar-refractivity contribution in [2.45, 2.75) is 19.0 Å². The molecule has 152 valence electrons. The molecule has 0 saturated heterocycles. The summed E-state index contributed by atoms with van der Waals surface area (Å²) in [6, 6.07) is 15.3. The van der Waals surface area contributed by atoms with Crippen LogP contribution >= 0.6 is 11.8 Å². The second kappa shape index (κ2) is 10.5. The van der Waals surface area contributed by atoms with E-state index in [1.165, 1.54) is 11.8 Å². The van der Waals surface area contributed by atoms with Gasteiger partial charge >= 0.3 is 0 Å². The van der Waals surface area contributed by atoms with Gasteiger partial charge < -0.3 is 14.8 Å². The Balaban J connectivity index is 1.48. The molecule has 29 heavy (non-hydrogen) atoms. The number of benzene rings is 2. The molecule has 2 aromatic carbocycles. The summed E-state index contributed by atoms with van der Waals surface area (Å²) in [7, 11) is 0. The molecule has 0 spiro atoms. The fourth-order valence-corrected chi connectivity index (χ4v) is 3.29. The first-order chi connectivity index (χ1) is 14.2. The lowest BCUT2D eigenvalue weighted by Gasteiger charge is -2.10. The topological polar surface area (TPSA) is 91.2 Å². The minimum atomic E-state index is -0.115. The van der Waals surface area contributed by atoms with Crippen molar-refractivity contribution >= 4 is 17.7 Å². The molecule has 0 radical (unpaired) electrons. The lowest BCUT2D eigenvalue weighted by molar-refractivity contribution is -0.118. The van der Waals surface area contributed by atoms with E-state index in [1.807, 2.05) is 62.4 Å². The second-order valence-corrected chi connectivity index (χ2v) is 7.02. The number of amides is 1. The molecule has 0 aliphatic carbocycles. The average Bonchev–Trinajstić information content (AvgIpc) is 3.19. The smallest absolute Gasteiger partial charge is 0.230 e. The van der Waals surface area contributed by atoms with E-state index >= 15 is 0 Å². The standard InChI is InChI=1S/C20H23N5O3S/c1-3-27-18-10-5-4-9-17(18)25-20(22-23-24-25)29-14-19(26)21-11-12-28-16-8-6-7-15(2)13-16/h4-10,13H,3,11-12,14H2,1-2H3,(H,21,26). The first-order valence-corrected chi connectivity index (χ1v) is 10.3. The van der Waals surface area contributed by atoms with Gasteiger partial charge in [-0.15, -0.1) is 5.10 Å². The van der Waals surface area contributed by atoms with Gasteiger partial charge in [0, 0.05) is 0 Å². The molecule has 9 heteroatoms. The van der Waals surface area contributed by atoms with Crippen LogP contribution in [-0.2, 0) is 4.79 Å². The number of thioether (sulfide) groups is 1. The average molecular weight is 414 g/mol. The first kappa shape index (κ1) is 20.7. The van der Waals surface area contributed by atoms with Gasteiger partial charge in [0.25, 0.3) is 0 Å². The summed E-state index contributed by atoms with van der Waals surface area (Å²) in [5.41, 5.74) is 1.86. The summed E-state index contributed by atoms with van der Waals surface area (Å²) in [4.78, 5) is 12.1. The van der Waals surface area contributed by atoms with Crippen LogP contribution in [0.5, 0.6) is 11.5 Å². The maximum atomic E-state index is 12.1. The van der Waals surface area contributed by atoms with Gasteiger partial charge in [0.1, 0.15) is 23.8 Å². The number of tetrazole rings is 1. The first-order valence-electron chi connectivity index (χ1n) is 9.27. The Morgan fingerprint density at radius 2 is 2.03 bits per heavy atom. The van der Waals surface area contributed by atoms with Crippen LogP contribution in [0.2, 0.25) is 0 Å². The highest BCUT2D eigenvalue weighted by Gasteiger charge is 2.14. The maximum absolute atomic E-state index is 12.1. The molecule has 0 aliphatic rings. The summed E-state index contributed by atoms with van der Waals surface area (Å²) in [5.74, 6) is 1.56. The van der Waals surface area contributed by atoms with E-state index in [9.17, 15) is 4.79 Å². The number of hydrogen-bond acceptors (Lipinski definition) is 7. The molecule has 1 aromatic heterocycles. The Kier molecular flexibility index (Phi) is 7.46. The summed E-state index contributed by atoms with van der Waals surface area (Å²) in [5, 5.41) is 15.1. The minimum Gasteiger partial charge on any atom is -0.492 e. The van der Waals surface area contributed by atoms with E-state index in [0.29, 0.717) is 30.7 Å². The van der Waals surface area contributed by atoms with Crippen LogP contribution in [0.3, 0.4) is 0 Å². The van der Waals surface area contributed by atoms with Crippen molar-refractivity contribution in [2.75, 3.05) is 25.5 Å². The largest absolute Gasteiger partial charge is 0.492 e. The number of nitrogens with zero attached hydrogens (tertiary/aromatic N) is 4. The van der Waals surface area contributed by atoms with E-state index in [0.717, 1.165) is 17.0 Å². The van der Waals surface area contributed by atoms with Crippen LogP contribution in [0.4, 0.5) is 0 Å². The van der Waals surface area contributed by atoms with E-state index in [1.54, 1.807) is 4.68 Å². The molecular weight excluding hydrogens is 390 g/mol. The van der Waals surface area contributed by atoms with Crippen LogP contribution in [0, 0.1) is 6.92 Å². The predicted octanol–water partition coefficient (Wildman–Crippen LogP) is 2.66. The van der Waals surface area contributed by atoms with Crippen LogP contribution in [-0.4, -0.2) is 51.6 Å². The summed E-state index contributed by atoms with van der Waals surface area (Å²) < 4.78 is 12.8. The quantitative estimate of drug-likeness (QED) is 0.404. The van der Waals surface area contributed by atoms with Crippen LogP contribution in [0.1, 0.15) is 12.5 Å². The number of rotatable bonds is 10. The van der Waals surface area contributed by atoms with Crippen LogP contribution < -0.4 is 14.8 Å². The third kappa shape index (κ3) is 5.95. The number of nitrogens with one attached hydrogen (secondary N) is 1. The summed E-state index contributed by atoms with van der Waals surface area (Å²) in [6.07, 6.45) is 0. The molecule has 0 fully saturated rings. The third-order valence-electron chi connectivity index (χ3n) is 3.85. The maximum Gasteiger partial charge on any atom is 0.230 e. The summed E-state index contributed by atoms with van der Waals surface area (Å²) in [6.45, 7) is 5.28. The molecule has 1 N–H and O–H groups in total. The third-order valence-corrected chi connectivity index (χ3v) is 4.77. The monoisotopic (exact) mass is 413 g/mol. The van der Waals surface area contributed by atoms with Gasteiger partial charge in [0.05, 0.1) is 18.9 Å². The van der Waals surface area contributed by atoms with Crippen molar-refractivity contribution in [3.8, 4) is 17.2 Å². The Bertz CT molecular complexity index is 947. The van der Waals surface area contributed by atoms with Gasteiger partial charge in [-0.2, -0.15) is 4.68 Å². The highest BCUT2D eigenvalue weighted by molar-refractivity contribution is 7.99. The molecule has 0 saturated carbocycles. The number of aryl methyl sites for hydroxylation is 1. The fourth-order valence-electron chi connectivity index (χ4n) is 2.58. The minimum absolute atomic E-state index is 0.115. The molecule has 1 amide bonds. The molecule has 0 atom stereocenters. The Labute approximate surface area is 173 Å². The zero-order chi connectivity index (χ0) is 20.5. The lowest BCUT2D eigenvalue weighted by atomic mass is 10.2. The van der Waals surface area contributed by atoms with Crippen molar-refractivity contribution in [1.82, 2.24) is 25.5 Å². The fraction of sp³-hybridized carbons (Fsp3) is 0.300. The van der Waals surface area contributed by atoms with Crippen molar-refractivity contribution in [3.63, 3.8) is 0 Å². The normalized spacial score (nSPS) is 10.6. The molecule has 0 aliphatic heterocycles. The van der Waals surface area contributed by atoms with Crippen molar-refractivity contribution < 1.29 is 14.3 Å². The zero-order valence-electron chi connectivity index (χ0n) is 16.4. The number of ether oxygens (including phenoxy) is 2. The molecule has 0 bridgehead atoms. The molecule has 0 unspecified atom stereocenters. The number of hydrogen-bond donors (Lipinski definition) is 1. The SMILES string of the molecule is CCOc1ccccc1-n1nnnc1SCC(=O)NCCOc1cccc(C)c1. The number of carbonyl (C=O) groups is 1. The zero-order valence-corrected chi connectivity index (χ0v) is 17.2. The number of aromatic nitrogens is 4. The molecular formula is C20H23N5O3S. The van der Waals surface area contributed by atoms with Gasteiger partial charge in [-0.1, -0.05) is 36.0 Å². The molecule has 1 heterocycles. The Morgan fingerprint density at radius 1 is 1.17 bits per heavy atom. The van der Waals surface area contributed by atoms with Crippen molar-refractivity contribution in [1.29, 1.82) is 0 Å². The second-order valence-electron chi connectivity index (χ2n) is 6.08. The highest BCUT2D eigenvalue weighted by atomic mass is 32.2. The number of para-hydroxylation sites is 2. The molecule has 8 nitrogen and oxygen atoms in total. The molecule has 3 rings (SSSR count). The van der Waals surface area contributed by atoms with Gasteiger partial charge in [-0.05, 0) is 54.1 Å². The number of carbonyl (C=O) groups excluding carboxylic acids is 1. The van der Waals surface area contributed by atoms with Gasteiger partial charge in [-0.3, -0.25) is 4.79 Å². The van der Waals surface area contributed by atoms with E-state index in [2.05, 4.69) is 20.8 Å².